The molecular weight excluding hydrogens is 399 g/mol. The Morgan fingerprint density at radius 2 is 1.60 bits per heavy atom. The molecule has 1 N–H and O–H groups in total. The molecule has 3 aromatic rings. The van der Waals surface area contributed by atoms with Crippen LogP contribution >= 0.6 is 0 Å². The van der Waals surface area contributed by atoms with E-state index in [1.54, 1.807) is 54.6 Å². The van der Waals surface area contributed by atoms with Crippen LogP contribution in [0.4, 0.5) is 18.9 Å². The summed E-state index contributed by atoms with van der Waals surface area (Å²) in [5.74, 6) is 0.730. The maximum Gasteiger partial charge on any atom is 0.416 e. The first kappa shape index (κ1) is 21.0. The fourth-order valence-electron chi connectivity index (χ4n) is 2.54. The van der Waals surface area contributed by atoms with Gasteiger partial charge in [0.25, 0.3) is 5.91 Å². The van der Waals surface area contributed by atoms with E-state index in [0.717, 1.165) is 18.2 Å². The number of amides is 1. The summed E-state index contributed by atoms with van der Waals surface area (Å²) in [4.78, 5) is 12.3. The highest BCUT2D eigenvalue weighted by molar-refractivity contribution is 5.93. The smallest absolute Gasteiger partial charge is 0.416 e. The van der Waals surface area contributed by atoms with Gasteiger partial charge in [-0.05, 0) is 42.5 Å². The van der Waals surface area contributed by atoms with Crippen molar-refractivity contribution in [2.75, 3.05) is 19.0 Å². The van der Waals surface area contributed by atoms with Gasteiger partial charge < -0.3 is 19.5 Å². The average molecular weight is 417 g/mol. The van der Waals surface area contributed by atoms with Crippen LogP contribution in [0.5, 0.6) is 23.0 Å². The Balaban J connectivity index is 1.81. The van der Waals surface area contributed by atoms with Gasteiger partial charge in [-0.1, -0.05) is 24.3 Å². The van der Waals surface area contributed by atoms with Crippen LogP contribution in [-0.4, -0.2) is 19.6 Å². The van der Waals surface area contributed by atoms with Crippen molar-refractivity contribution in [2.45, 2.75) is 6.18 Å². The third-order valence-electron chi connectivity index (χ3n) is 3.96. The number of carbonyl (C=O) groups excluding carboxylic acids is 1. The molecule has 0 bridgehead atoms. The average Bonchev–Trinajstić information content (AvgIpc) is 2.73. The van der Waals surface area contributed by atoms with Crippen molar-refractivity contribution in [1.82, 2.24) is 0 Å². The molecule has 3 aromatic carbocycles. The van der Waals surface area contributed by atoms with Gasteiger partial charge in [-0.2, -0.15) is 13.2 Å². The Hall–Kier alpha value is -3.68. The van der Waals surface area contributed by atoms with Gasteiger partial charge in [-0.25, -0.2) is 0 Å². The molecule has 30 heavy (non-hydrogen) atoms. The third-order valence-corrected chi connectivity index (χ3v) is 3.96. The molecule has 0 aliphatic heterocycles. The van der Waals surface area contributed by atoms with Gasteiger partial charge in [0.1, 0.15) is 17.2 Å². The summed E-state index contributed by atoms with van der Waals surface area (Å²) in [5, 5.41) is 2.42. The van der Waals surface area contributed by atoms with Crippen LogP contribution in [-0.2, 0) is 11.0 Å². The minimum atomic E-state index is -4.57. The van der Waals surface area contributed by atoms with E-state index in [0.29, 0.717) is 17.2 Å². The first-order valence-electron chi connectivity index (χ1n) is 8.86. The van der Waals surface area contributed by atoms with Gasteiger partial charge in [0.05, 0.1) is 18.4 Å². The number of benzene rings is 3. The number of rotatable bonds is 7. The molecule has 0 aliphatic rings. The van der Waals surface area contributed by atoms with E-state index in [-0.39, 0.29) is 18.0 Å². The third kappa shape index (κ3) is 5.66. The van der Waals surface area contributed by atoms with Crippen LogP contribution in [0.2, 0.25) is 0 Å². The van der Waals surface area contributed by atoms with Crippen LogP contribution < -0.4 is 19.5 Å². The Labute approximate surface area is 171 Å². The van der Waals surface area contributed by atoms with Crippen LogP contribution in [0.1, 0.15) is 5.56 Å². The summed E-state index contributed by atoms with van der Waals surface area (Å²) in [6.45, 7) is -0.376. The second-order valence-electron chi connectivity index (χ2n) is 6.14. The molecule has 0 radical (unpaired) electrons. The van der Waals surface area contributed by atoms with Crippen LogP contribution in [0.15, 0.2) is 72.8 Å². The molecule has 0 aromatic heterocycles. The zero-order valence-electron chi connectivity index (χ0n) is 15.9. The molecule has 5 nitrogen and oxygen atoms in total. The normalized spacial score (nSPS) is 10.9. The number of anilines is 1. The minimum Gasteiger partial charge on any atom is -0.497 e. The second-order valence-corrected chi connectivity index (χ2v) is 6.14. The first-order chi connectivity index (χ1) is 14.3. The number of para-hydroxylation sites is 1. The first-order valence-corrected chi connectivity index (χ1v) is 8.86. The van der Waals surface area contributed by atoms with E-state index in [1.807, 2.05) is 0 Å². The summed E-state index contributed by atoms with van der Waals surface area (Å²) < 4.78 is 55.5. The molecule has 0 heterocycles. The van der Waals surface area contributed by atoms with E-state index in [9.17, 15) is 18.0 Å². The van der Waals surface area contributed by atoms with Crippen molar-refractivity contribution < 1.29 is 32.2 Å². The van der Waals surface area contributed by atoms with Crippen molar-refractivity contribution >= 4 is 11.6 Å². The largest absolute Gasteiger partial charge is 0.497 e. The molecule has 3 rings (SSSR count). The molecule has 1 amide bonds. The summed E-state index contributed by atoms with van der Waals surface area (Å²) >= 11 is 0. The quantitative estimate of drug-likeness (QED) is 0.550. The number of hydrogen-bond donors (Lipinski definition) is 1. The molecule has 0 atom stereocenters. The molecule has 8 heteroatoms. The van der Waals surface area contributed by atoms with Crippen molar-refractivity contribution in [3.8, 4) is 23.0 Å². The Bertz CT molecular complexity index is 1010. The molecule has 0 saturated carbocycles. The van der Waals surface area contributed by atoms with Crippen LogP contribution in [0, 0.1) is 0 Å². The van der Waals surface area contributed by atoms with Crippen LogP contribution in [0.3, 0.4) is 0 Å². The highest BCUT2D eigenvalue weighted by Gasteiger charge is 2.31. The number of methoxy groups -OCH3 is 1. The summed E-state index contributed by atoms with van der Waals surface area (Å²) in [7, 11) is 1.48. The Morgan fingerprint density at radius 1 is 0.900 bits per heavy atom. The highest BCUT2D eigenvalue weighted by Crippen LogP contribution is 2.37. The lowest BCUT2D eigenvalue weighted by Gasteiger charge is -2.16. The molecule has 0 saturated heterocycles. The minimum absolute atomic E-state index is 0.0457. The lowest BCUT2D eigenvalue weighted by Crippen LogP contribution is -2.21. The van der Waals surface area contributed by atoms with Gasteiger partial charge in [0.15, 0.2) is 12.4 Å². The SMILES string of the molecule is COc1cccc(Oc2ccc(C(F)(F)F)cc2NC(=O)COc2ccccc2)c1. The molecule has 0 fully saturated rings. The van der Waals surface area contributed by atoms with Gasteiger partial charge >= 0.3 is 6.18 Å². The summed E-state index contributed by atoms with van der Waals surface area (Å²) in [6.07, 6.45) is -4.57. The molecule has 156 valence electrons. The molecular formula is C22H18F3NO4. The zero-order chi connectivity index (χ0) is 21.6. The molecule has 0 unspecified atom stereocenters. The second kappa shape index (κ2) is 9.21. The maximum absolute atomic E-state index is 13.1. The van der Waals surface area contributed by atoms with Crippen molar-refractivity contribution in [3.63, 3.8) is 0 Å². The number of alkyl halides is 3. The van der Waals surface area contributed by atoms with Crippen LogP contribution in [0.25, 0.3) is 0 Å². The van der Waals surface area contributed by atoms with Crippen molar-refractivity contribution in [3.05, 3.63) is 78.4 Å². The standard InChI is InChI=1S/C22H18F3NO4/c1-28-17-8-5-9-18(13-17)30-20-11-10-15(22(23,24)25)12-19(20)26-21(27)14-29-16-6-3-2-4-7-16/h2-13H,14H2,1H3,(H,26,27). The van der Waals surface area contributed by atoms with E-state index >= 15 is 0 Å². The molecule has 0 aliphatic carbocycles. The maximum atomic E-state index is 13.1. The highest BCUT2D eigenvalue weighted by atomic mass is 19.4. The predicted octanol–water partition coefficient (Wildman–Crippen LogP) is 5.52. The van der Waals surface area contributed by atoms with Gasteiger partial charge in [-0.3, -0.25) is 4.79 Å². The summed E-state index contributed by atoms with van der Waals surface area (Å²) in [6, 6.07) is 18.0. The van der Waals surface area contributed by atoms with Crippen molar-refractivity contribution in [2.24, 2.45) is 0 Å². The number of hydrogen-bond acceptors (Lipinski definition) is 4. The Morgan fingerprint density at radius 3 is 2.30 bits per heavy atom. The number of halogens is 3. The van der Waals surface area contributed by atoms with E-state index in [2.05, 4.69) is 5.32 Å². The fourth-order valence-corrected chi connectivity index (χ4v) is 2.54. The van der Waals surface area contributed by atoms with E-state index in [4.69, 9.17) is 14.2 Å². The number of ether oxygens (including phenoxy) is 3. The van der Waals surface area contributed by atoms with E-state index in [1.165, 1.54) is 7.11 Å². The fraction of sp³-hybridized carbons (Fsp3) is 0.136. The lowest BCUT2D eigenvalue weighted by molar-refractivity contribution is -0.137. The van der Waals surface area contributed by atoms with Gasteiger partial charge in [0.2, 0.25) is 0 Å². The Kier molecular flexibility index (Phi) is 6.46. The lowest BCUT2D eigenvalue weighted by atomic mass is 10.1. The number of nitrogens with one attached hydrogen (secondary N) is 1. The van der Waals surface area contributed by atoms with Crippen molar-refractivity contribution in [1.29, 1.82) is 0 Å². The van der Waals surface area contributed by atoms with Gasteiger partial charge in [0, 0.05) is 6.07 Å². The topological polar surface area (TPSA) is 56.8 Å². The monoisotopic (exact) mass is 417 g/mol. The predicted molar refractivity (Wildman–Crippen MR) is 105 cm³/mol. The van der Waals surface area contributed by atoms with E-state index < -0.39 is 17.6 Å². The number of carbonyl (C=O) groups is 1. The zero-order valence-corrected chi connectivity index (χ0v) is 15.9. The summed E-state index contributed by atoms with van der Waals surface area (Å²) in [5.41, 5.74) is -1.05. The van der Waals surface area contributed by atoms with Gasteiger partial charge in [-0.15, -0.1) is 0 Å². The molecule has 0 spiro atoms.